The highest BCUT2D eigenvalue weighted by Crippen LogP contribution is 2.21. The normalized spacial score (nSPS) is 10.1. The number of hydrogen-bond donors (Lipinski definition) is 2. The first kappa shape index (κ1) is 14.6. The van der Waals surface area contributed by atoms with E-state index in [1.165, 1.54) is 24.3 Å². The maximum Gasteiger partial charge on any atom is 0.255 e. The molecule has 0 unspecified atom stereocenters. The molecular weight excluding hydrogens is 343 g/mol. The van der Waals surface area contributed by atoms with E-state index in [-0.39, 0.29) is 10.9 Å². The van der Waals surface area contributed by atoms with Gasteiger partial charge in [0.1, 0.15) is 10.8 Å². The fraction of sp³-hybridized carbons (Fsp3) is 0. The highest BCUT2D eigenvalue weighted by molar-refractivity contribution is 9.10. The van der Waals surface area contributed by atoms with Gasteiger partial charge in [-0.1, -0.05) is 28.1 Å². The Kier molecular flexibility index (Phi) is 4.46. The minimum absolute atomic E-state index is 0.181. The van der Waals surface area contributed by atoms with E-state index in [0.717, 1.165) is 4.47 Å². The Morgan fingerprint density at radius 2 is 1.85 bits per heavy atom. The van der Waals surface area contributed by atoms with Crippen molar-refractivity contribution in [2.45, 2.75) is 0 Å². The smallest absolute Gasteiger partial charge is 0.255 e. The van der Waals surface area contributed by atoms with Crippen LogP contribution >= 0.6 is 28.1 Å². The van der Waals surface area contributed by atoms with Gasteiger partial charge in [0.15, 0.2) is 0 Å². The number of carbonyl (C=O) groups excluding carboxylic acids is 1. The Labute approximate surface area is 129 Å². The highest BCUT2D eigenvalue weighted by Gasteiger charge is 2.11. The fourth-order valence-corrected chi connectivity index (χ4v) is 2.16. The van der Waals surface area contributed by atoms with Crippen LogP contribution in [0.2, 0.25) is 0 Å². The van der Waals surface area contributed by atoms with Crippen LogP contribution in [0.3, 0.4) is 0 Å². The number of anilines is 1. The molecule has 2 rings (SSSR count). The quantitative estimate of drug-likeness (QED) is 0.831. The molecule has 0 spiro atoms. The number of thiocarbonyl (C=S) groups is 1. The second-order valence-electron chi connectivity index (χ2n) is 4.02. The number of amides is 1. The van der Waals surface area contributed by atoms with Crippen LogP contribution < -0.4 is 11.1 Å². The molecule has 0 radical (unpaired) electrons. The Morgan fingerprint density at radius 1 is 1.20 bits per heavy atom. The van der Waals surface area contributed by atoms with Gasteiger partial charge in [-0.25, -0.2) is 4.39 Å². The van der Waals surface area contributed by atoms with Crippen molar-refractivity contribution in [3.05, 3.63) is 63.9 Å². The zero-order chi connectivity index (χ0) is 14.7. The average molecular weight is 353 g/mol. The van der Waals surface area contributed by atoms with Crippen molar-refractivity contribution in [3.8, 4) is 0 Å². The van der Waals surface area contributed by atoms with Crippen molar-refractivity contribution in [2.24, 2.45) is 5.73 Å². The molecule has 1 amide bonds. The molecule has 3 nitrogen and oxygen atoms in total. The minimum Gasteiger partial charge on any atom is -0.389 e. The van der Waals surface area contributed by atoms with Gasteiger partial charge < -0.3 is 11.1 Å². The standard InChI is InChI=1S/C14H10BrFN2OS/c15-9-3-6-12(11(7-9)13(17)20)18-14(19)8-1-4-10(16)5-2-8/h1-7H,(H2,17,20)(H,18,19). The van der Waals surface area contributed by atoms with Crippen LogP contribution in [-0.4, -0.2) is 10.9 Å². The Morgan fingerprint density at radius 3 is 2.45 bits per heavy atom. The fourth-order valence-electron chi connectivity index (χ4n) is 1.63. The summed E-state index contributed by atoms with van der Waals surface area (Å²) in [6.07, 6.45) is 0. The molecule has 0 atom stereocenters. The molecule has 0 saturated heterocycles. The van der Waals surface area contributed by atoms with Gasteiger partial charge in [-0.05, 0) is 42.5 Å². The Bertz CT molecular complexity index is 673. The number of nitrogens with two attached hydrogens (primary N) is 1. The SMILES string of the molecule is NC(=S)c1cc(Br)ccc1NC(=O)c1ccc(F)cc1. The summed E-state index contributed by atoms with van der Waals surface area (Å²) < 4.78 is 13.6. The predicted octanol–water partition coefficient (Wildman–Crippen LogP) is 3.47. The number of halogens is 2. The monoisotopic (exact) mass is 352 g/mol. The van der Waals surface area contributed by atoms with E-state index in [1.54, 1.807) is 18.2 Å². The number of nitrogens with one attached hydrogen (secondary N) is 1. The second kappa shape index (κ2) is 6.11. The minimum atomic E-state index is -0.394. The molecule has 6 heteroatoms. The maximum atomic E-state index is 12.8. The summed E-state index contributed by atoms with van der Waals surface area (Å²) in [6, 6.07) is 10.5. The third-order valence-electron chi connectivity index (χ3n) is 2.60. The molecule has 2 aromatic rings. The molecule has 2 aromatic carbocycles. The summed E-state index contributed by atoms with van der Waals surface area (Å²) in [5.41, 5.74) is 7.05. The summed E-state index contributed by atoms with van der Waals surface area (Å²) in [6.45, 7) is 0. The van der Waals surface area contributed by atoms with Crippen molar-refractivity contribution < 1.29 is 9.18 Å². The van der Waals surface area contributed by atoms with Crippen LogP contribution in [-0.2, 0) is 0 Å². The summed E-state index contributed by atoms with van der Waals surface area (Å²) >= 11 is 8.27. The first-order valence-corrected chi connectivity index (χ1v) is 6.84. The molecular formula is C14H10BrFN2OS. The zero-order valence-corrected chi connectivity index (χ0v) is 12.6. The van der Waals surface area contributed by atoms with Crippen molar-refractivity contribution in [1.29, 1.82) is 0 Å². The zero-order valence-electron chi connectivity index (χ0n) is 10.2. The predicted molar refractivity (Wildman–Crippen MR) is 84.4 cm³/mol. The second-order valence-corrected chi connectivity index (χ2v) is 5.37. The van der Waals surface area contributed by atoms with Gasteiger partial charge in [-0.2, -0.15) is 0 Å². The van der Waals surface area contributed by atoms with Gasteiger partial charge in [0.25, 0.3) is 5.91 Å². The average Bonchev–Trinajstić information content (AvgIpc) is 2.41. The van der Waals surface area contributed by atoms with Crippen molar-refractivity contribution in [2.75, 3.05) is 5.32 Å². The molecule has 0 bridgehead atoms. The van der Waals surface area contributed by atoms with Gasteiger partial charge in [0.05, 0.1) is 5.69 Å². The summed E-state index contributed by atoms with van der Waals surface area (Å²) in [5.74, 6) is -0.751. The van der Waals surface area contributed by atoms with Crippen molar-refractivity contribution in [3.63, 3.8) is 0 Å². The number of benzene rings is 2. The lowest BCUT2D eigenvalue weighted by molar-refractivity contribution is 0.102. The largest absolute Gasteiger partial charge is 0.389 e. The highest BCUT2D eigenvalue weighted by atomic mass is 79.9. The molecule has 0 fully saturated rings. The van der Waals surface area contributed by atoms with Crippen LogP contribution in [0.25, 0.3) is 0 Å². The first-order valence-electron chi connectivity index (χ1n) is 5.63. The number of hydrogen-bond acceptors (Lipinski definition) is 2. The molecule has 0 aliphatic rings. The van der Waals surface area contributed by atoms with Crippen molar-refractivity contribution >= 4 is 44.7 Å². The topological polar surface area (TPSA) is 55.1 Å². The third-order valence-corrected chi connectivity index (χ3v) is 3.31. The van der Waals surface area contributed by atoms with Crippen LogP contribution in [0.5, 0.6) is 0 Å². The van der Waals surface area contributed by atoms with Gasteiger partial charge in [0.2, 0.25) is 0 Å². The van der Waals surface area contributed by atoms with Crippen LogP contribution in [0.1, 0.15) is 15.9 Å². The molecule has 20 heavy (non-hydrogen) atoms. The summed E-state index contributed by atoms with van der Waals surface area (Å²) in [7, 11) is 0. The summed E-state index contributed by atoms with van der Waals surface area (Å²) in [4.78, 5) is 12.2. The Hall–Kier alpha value is -1.79. The van der Waals surface area contributed by atoms with Gasteiger partial charge >= 0.3 is 0 Å². The summed E-state index contributed by atoms with van der Waals surface area (Å²) in [5, 5.41) is 2.71. The van der Waals surface area contributed by atoms with Gasteiger partial charge in [-0.3, -0.25) is 4.79 Å². The van der Waals surface area contributed by atoms with Gasteiger partial charge in [-0.15, -0.1) is 0 Å². The van der Waals surface area contributed by atoms with Crippen LogP contribution in [0, 0.1) is 5.82 Å². The van der Waals surface area contributed by atoms with E-state index >= 15 is 0 Å². The number of rotatable bonds is 3. The van der Waals surface area contributed by atoms with E-state index in [0.29, 0.717) is 16.8 Å². The molecule has 0 aromatic heterocycles. The Balaban J connectivity index is 2.28. The first-order chi connectivity index (χ1) is 9.47. The molecule has 3 N–H and O–H groups in total. The van der Waals surface area contributed by atoms with Gasteiger partial charge in [0, 0.05) is 15.6 Å². The third kappa shape index (κ3) is 3.40. The molecule has 0 saturated carbocycles. The lowest BCUT2D eigenvalue weighted by Crippen LogP contribution is -2.17. The van der Waals surface area contributed by atoms with Crippen LogP contribution in [0.4, 0.5) is 10.1 Å². The maximum absolute atomic E-state index is 12.8. The lowest BCUT2D eigenvalue weighted by atomic mass is 10.1. The van der Waals surface area contributed by atoms with E-state index in [1.807, 2.05) is 0 Å². The van der Waals surface area contributed by atoms with Crippen molar-refractivity contribution in [1.82, 2.24) is 0 Å². The van der Waals surface area contributed by atoms with E-state index < -0.39 is 5.82 Å². The van der Waals surface area contributed by atoms with E-state index in [2.05, 4.69) is 21.2 Å². The van der Waals surface area contributed by atoms with Crippen LogP contribution in [0.15, 0.2) is 46.9 Å². The molecule has 102 valence electrons. The lowest BCUT2D eigenvalue weighted by Gasteiger charge is -2.10. The van der Waals surface area contributed by atoms with E-state index in [9.17, 15) is 9.18 Å². The van der Waals surface area contributed by atoms with E-state index in [4.69, 9.17) is 18.0 Å². The molecule has 0 heterocycles. The number of carbonyl (C=O) groups is 1. The molecule has 0 aliphatic carbocycles. The molecule has 0 aliphatic heterocycles.